The van der Waals surface area contributed by atoms with Gasteiger partial charge in [-0.25, -0.2) is 0 Å². The van der Waals surface area contributed by atoms with Crippen LogP contribution in [0.4, 0.5) is 0 Å². The van der Waals surface area contributed by atoms with Crippen LogP contribution in [0.3, 0.4) is 0 Å². The zero-order valence-corrected chi connectivity index (χ0v) is 13.5. The Bertz CT molecular complexity index is 551. The van der Waals surface area contributed by atoms with Gasteiger partial charge in [0.2, 0.25) is 0 Å². The first-order valence-electron chi connectivity index (χ1n) is 7.81. The van der Waals surface area contributed by atoms with Crippen LogP contribution in [0.1, 0.15) is 48.9 Å². The summed E-state index contributed by atoms with van der Waals surface area (Å²) in [6, 6.07) is 13.4. The van der Waals surface area contributed by atoms with Gasteiger partial charge in [0, 0.05) is 24.4 Å². The first-order chi connectivity index (χ1) is 10.2. The van der Waals surface area contributed by atoms with E-state index in [-0.39, 0.29) is 6.04 Å². The van der Waals surface area contributed by atoms with Crippen molar-refractivity contribution < 1.29 is 0 Å². The summed E-state index contributed by atoms with van der Waals surface area (Å²) in [5.41, 5.74) is 3.88. The molecular formula is C19H26N2. The van der Waals surface area contributed by atoms with Gasteiger partial charge in [0.25, 0.3) is 0 Å². The highest BCUT2D eigenvalue weighted by Gasteiger charge is 2.27. The van der Waals surface area contributed by atoms with E-state index in [9.17, 15) is 0 Å². The molecule has 0 saturated heterocycles. The standard InChI is InChI=1S/C19H26N2/c1-5-15(3)18(16-9-7-6-8-10-16)19(20-4)17-11-14(2)12-21-13-17/h6-13,15,18-20H,5H2,1-4H3. The number of pyridine rings is 1. The number of aryl methyl sites for hydroxylation is 1. The van der Waals surface area contributed by atoms with Crippen molar-refractivity contribution in [3.63, 3.8) is 0 Å². The third kappa shape index (κ3) is 3.70. The number of hydrogen-bond donors (Lipinski definition) is 1. The number of hydrogen-bond acceptors (Lipinski definition) is 2. The Kier molecular flexibility index (Phi) is 5.51. The van der Waals surface area contributed by atoms with Crippen LogP contribution in [0, 0.1) is 12.8 Å². The van der Waals surface area contributed by atoms with Gasteiger partial charge in [-0.15, -0.1) is 0 Å². The third-order valence-electron chi connectivity index (χ3n) is 4.37. The summed E-state index contributed by atoms with van der Waals surface area (Å²) in [6.45, 7) is 6.71. The molecule has 0 aliphatic carbocycles. The predicted octanol–water partition coefficient (Wildman–Crippen LogP) is 4.48. The van der Waals surface area contributed by atoms with E-state index >= 15 is 0 Å². The molecule has 1 aromatic carbocycles. The number of nitrogens with zero attached hydrogens (tertiary/aromatic N) is 1. The second-order valence-corrected chi connectivity index (χ2v) is 5.88. The lowest BCUT2D eigenvalue weighted by Gasteiger charge is -2.32. The zero-order valence-electron chi connectivity index (χ0n) is 13.5. The average molecular weight is 282 g/mol. The molecule has 3 atom stereocenters. The van der Waals surface area contributed by atoms with Crippen LogP contribution >= 0.6 is 0 Å². The summed E-state index contributed by atoms with van der Waals surface area (Å²) in [5.74, 6) is 1.05. The summed E-state index contributed by atoms with van der Waals surface area (Å²) in [7, 11) is 2.05. The second-order valence-electron chi connectivity index (χ2n) is 5.88. The Balaban J connectivity index is 2.43. The number of aromatic nitrogens is 1. The number of rotatable bonds is 6. The van der Waals surface area contributed by atoms with E-state index in [1.54, 1.807) is 0 Å². The lowest BCUT2D eigenvalue weighted by atomic mass is 9.78. The van der Waals surface area contributed by atoms with E-state index in [1.807, 2.05) is 19.4 Å². The first-order valence-corrected chi connectivity index (χ1v) is 7.81. The molecule has 2 nitrogen and oxygen atoms in total. The number of likely N-dealkylation sites (N-methyl/N-ethyl adjacent to an activating group) is 1. The second kappa shape index (κ2) is 7.37. The van der Waals surface area contributed by atoms with Crippen molar-refractivity contribution in [2.75, 3.05) is 7.05 Å². The Labute approximate surface area is 128 Å². The molecule has 1 N–H and O–H groups in total. The van der Waals surface area contributed by atoms with Crippen LogP contribution in [0.2, 0.25) is 0 Å². The van der Waals surface area contributed by atoms with Crippen molar-refractivity contribution in [3.8, 4) is 0 Å². The maximum absolute atomic E-state index is 4.37. The minimum Gasteiger partial charge on any atom is -0.312 e. The minimum absolute atomic E-state index is 0.287. The van der Waals surface area contributed by atoms with E-state index in [0.29, 0.717) is 11.8 Å². The van der Waals surface area contributed by atoms with E-state index in [4.69, 9.17) is 0 Å². The Morgan fingerprint density at radius 1 is 1.10 bits per heavy atom. The van der Waals surface area contributed by atoms with Gasteiger partial charge in [-0.3, -0.25) is 4.98 Å². The summed E-state index contributed by atoms with van der Waals surface area (Å²) < 4.78 is 0. The van der Waals surface area contributed by atoms with Gasteiger partial charge in [-0.2, -0.15) is 0 Å². The number of benzene rings is 1. The molecule has 0 fully saturated rings. The monoisotopic (exact) mass is 282 g/mol. The summed E-state index contributed by atoms with van der Waals surface area (Å²) in [4.78, 5) is 4.37. The van der Waals surface area contributed by atoms with Crippen molar-refractivity contribution in [3.05, 3.63) is 65.5 Å². The zero-order chi connectivity index (χ0) is 15.2. The normalized spacial score (nSPS) is 15.4. The van der Waals surface area contributed by atoms with Crippen LogP contribution in [-0.2, 0) is 0 Å². The van der Waals surface area contributed by atoms with Crippen LogP contribution in [0.5, 0.6) is 0 Å². The quantitative estimate of drug-likeness (QED) is 0.845. The molecule has 112 valence electrons. The van der Waals surface area contributed by atoms with E-state index in [2.05, 4.69) is 67.5 Å². The molecule has 1 aromatic heterocycles. The highest BCUT2D eigenvalue weighted by atomic mass is 14.9. The minimum atomic E-state index is 0.287. The predicted molar refractivity (Wildman–Crippen MR) is 89.4 cm³/mol. The Morgan fingerprint density at radius 2 is 1.81 bits per heavy atom. The molecule has 0 aliphatic heterocycles. The van der Waals surface area contributed by atoms with Crippen molar-refractivity contribution in [1.29, 1.82) is 0 Å². The molecule has 2 aromatic rings. The molecule has 2 heteroatoms. The molecule has 1 heterocycles. The van der Waals surface area contributed by atoms with Gasteiger partial charge in [-0.1, -0.05) is 56.7 Å². The molecule has 0 amide bonds. The third-order valence-corrected chi connectivity index (χ3v) is 4.37. The van der Waals surface area contributed by atoms with Gasteiger partial charge in [0.15, 0.2) is 0 Å². The fourth-order valence-electron chi connectivity index (χ4n) is 3.08. The van der Waals surface area contributed by atoms with Gasteiger partial charge in [0.1, 0.15) is 0 Å². The van der Waals surface area contributed by atoms with E-state index in [1.165, 1.54) is 16.7 Å². The van der Waals surface area contributed by atoms with Crippen LogP contribution < -0.4 is 5.32 Å². The topological polar surface area (TPSA) is 24.9 Å². The summed E-state index contributed by atoms with van der Waals surface area (Å²) >= 11 is 0. The smallest absolute Gasteiger partial charge is 0.0405 e. The highest BCUT2D eigenvalue weighted by molar-refractivity contribution is 5.29. The van der Waals surface area contributed by atoms with Crippen molar-refractivity contribution in [2.45, 2.75) is 39.2 Å². The summed E-state index contributed by atoms with van der Waals surface area (Å²) in [6.07, 6.45) is 5.07. The fourth-order valence-corrected chi connectivity index (χ4v) is 3.08. The van der Waals surface area contributed by atoms with Crippen molar-refractivity contribution >= 4 is 0 Å². The van der Waals surface area contributed by atoms with E-state index in [0.717, 1.165) is 6.42 Å². The largest absolute Gasteiger partial charge is 0.312 e. The lowest BCUT2D eigenvalue weighted by molar-refractivity contribution is 0.353. The average Bonchev–Trinajstić information content (AvgIpc) is 2.52. The molecule has 0 spiro atoms. The first kappa shape index (κ1) is 15.7. The lowest BCUT2D eigenvalue weighted by Crippen LogP contribution is -2.28. The molecular weight excluding hydrogens is 256 g/mol. The van der Waals surface area contributed by atoms with Crippen LogP contribution in [0.25, 0.3) is 0 Å². The molecule has 0 aliphatic rings. The fraction of sp³-hybridized carbons (Fsp3) is 0.421. The molecule has 3 unspecified atom stereocenters. The van der Waals surface area contributed by atoms with E-state index < -0.39 is 0 Å². The van der Waals surface area contributed by atoms with Gasteiger partial charge < -0.3 is 5.32 Å². The van der Waals surface area contributed by atoms with Crippen LogP contribution in [0.15, 0.2) is 48.8 Å². The molecule has 0 saturated carbocycles. The SMILES string of the molecule is CCC(C)C(c1ccccc1)C(NC)c1cncc(C)c1. The maximum atomic E-state index is 4.37. The molecule has 2 rings (SSSR count). The van der Waals surface area contributed by atoms with Crippen molar-refractivity contribution in [2.24, 2.45) is 5.92 Å². The van der Waals surface area contributed by atoms with Crippen LogP contribution in [-0.4, -0.2) is 12.0 Å². The highest BCUT2D eigenvalue weighted by Crippen LogP contribution is 2.38. The van der Waals surface area contributed by atoms with Crippen molar-refractivity contribution in [1.82, 2.24) is 10.3 Å². The maximum Gasteiger partial charge on any atom is 0.0405 e. The van der Waals surface area contributed by atoms with Gasteiger partial charge in [-0.05, 0) is 36.6 Å². The Morgan fingerprint density at radius 3 is 2.38 bits per heavy atom. The van der Waals surface area contributed by atoms with Gasteiger partial charge in [0.05, 0.1) is 0 Å². The molecule has 0 radical (unpaired) electrons. The molecule has 21 heavy (non-hydrogen) atoms. The summed E-state index contributed by atoms with van der Waals surface area (Å²) in [5, 5.41) is 3.52. The number of nitrogens with one attached hydrogen (secondary N) is 1. The Hall–Kier alpha value is -1.67. The molecule has 0 bridgehead atoms. The van der Waals surface area contributed by atoms with Gasteiger partial charge >= 0.3 is 0 Å².